The van der Waals surface area contributed by atoms with E-state index in [0.717, 1.165) is 30.6 Å². The molecule has 88 valence electrons. The maximum Gasteiger partial charge on any atom is 0.125 e. The van der Waals surface area contributed by atoms with Gasteiger partial charge in [0.05, 0.1) is 12.7 Å². The fraction of sp³-hybridized carbons (Fsp3) is 0.571. The summed E-state index contributed by atoms with van der Waals surface area (Å²) < 4.78 is 5.67. The van der Waals surface area contributed by atoms with Gasteiger partial charge in [0.2, 0.25) is 0 Å². The van der Waals surface area contributed by atoms with Crippen LogP contribution in [-0.4, -0.2) is 11.7 Å². The van der Waals surface area contributed by atoms with Gasteiger partial charge in [-0.05, 0) is 30.7 Å². The Morgan fingerprint density at radius 3 is 2.69 bits per heavy atom. The van der Waals surface area contributed by atoms with Crippen molar-refractivity contribution in [1.82, 2.24) is 0 Å². The van der Waals surface area contributed by atoms with Gasteiger partial charge in [0.25, 0.3) is 0 Å². The first-order valence-corrected chi connectivity index (χ1v) is 6.07. The van der Waals surface area contributed by atoms with Crippen LogP contribution in [0.3, 0.4) is 0 Å². The molecule has 0 aliphatic heterocycles. The van der Waals surface area contributed by atoms with Gasteiger partial charge in [0.1, 0.15) is 5.75 Å². The van der Waals surface area contributed by atoms with Crippen molar-refractivity contribution in [2.75, 3.05) is 6.61 Å². The Morgan fingerprint density at radius 1 is 1.38 bits per heavy atom. The highest BCUT2D eigenvalue weighted by atomic mass is 16.5. The van der Waals surface area contributed by atoms with Gasteiger partial charge in [-0.25, -0.2) is 0 Å². The fourth-order valence-corrected chi connectivity index (χ4v) is 1.90. The first-order valence-electron chi connectivity index (χ1n) is 6.07. The SMILES string of the molecule is CCCOc1ccccc1C(O)C1(C)CC1. The van der Waals surface area contributed by atoms with Crippen molar-refractivity contribution in [1.29, 1.82) is 0 Å². The number of benzene rings is 1. The van der Waals surface area contributed by atoms with Crippen LogP contribution < -0.4 is 4.74 Å². The Bertz CT molecular complexity index is 356. The molecule has 1 atom stereocenters. The van der Waals surface area contributed by atoms with E-state index in [0.29, 0.717) is 6.61 Å². The van der Waals surface area contributed by atoms with Crippen LogP contribution in [0, 0.1) is 5.41 Å². The van der Waals surface area contributed by atoms with Gasteiger partial charge >= 0.3 is 0 Å². The summed E-state index contributed by atoms with van der Waals surface area (Å²) in [5.74, 6) is 0.838. The predicted molar refractivity (Wildman–Crippen MR) is 64.5 cm³/mol. The number of para-hydroxylation sites is 1. The first-order chi connectivity index (χ1) is 7.67. The minimum Gasteiger partial charge on any atom is -0.493 e. The Balaban J connectivity index is 2.18. The highest BCUT2D eigenvalue weighted by Gasteiger charge is 2.45. The average molecular weight is 220 g/mol. The maximum absolute atomic E-state index is 10.3. The molecule has 0 amide bonds. The molecule has 16 heavy (non-hydrogen) atoms. The quantitative estimate of drug-likeness (QED) is 0.825. The maximum atomic E-state index is 10.3. The summed E-state index contributed by atoms with van der Waals surface area (Å²) in [7, 11) is 0. The third-order valence-electron chi connectivity index (χ3n) is 3.37. The summed E-state index contributed by atoms with van der Waals surface area (Å²) in [5.41, 5.74) is 1.02. The summed E-state index contributed by atoms with van der Waals surface area (Å²) in [6.45, 7) is 4.93. The van der Waals surface area contributed by atoms with Crippen molar-refractivity contribution in [3.63, 3.8) is 0 Å². The van der Waals surface area contributed by atoms with Gasteiger partial charge in [0.15, 0.2) is 0 Å². The van der Waals surface area contributed by atoms with Gasteiger partial charge in [-0.3, -0.25) is 0 Å². The van der Waals surface area contributed by atoms with E-state index in [1.54, 1.807) is 0 Å². The zero-order valence-electron chi connectivity index (χ0n) is 10.1. The Hall–Kier alpha value is -1.02. The zero-order valence-corrected chi connectivity index (χ0v) is 10.1. The van der Waals surface area contributed by atoms with Crippen LogP contribution in [-0.2, 0) is 0 Å². The van der Waals surface area contributed by atoms with Crippen LogP contribution in [0.5, 0.6) is 5.75 Å². The van der Waals surface area contributed by atoms with Gasteiger partial charge in [-0.2, -0.15) is 0 Å². The molecule has 1 aliphatic carbocycles. The van der Waals surface area contributed by atoms with Crippen molar-refractivity contribution in [3.05, 3.63) is 29.8 Å². The molecule has 0 saturated heterocycles. The summed E-state index contributed by atoms with van der Waals surface area (Å²) in [6, 6.07) is 7.83. The highest BCUT2D eigenvalue weighted by molar-refractivity contribution is 5.36. The van der Waals surface area contributed by atoms with Crippen LogP contribution >= 0.6 is 0 Å². The third kappa shape index (κ3) is 2.22. The van der Waals surface area contributed by atoms with E-state index < -0.39 is 0 Å². The van der Waals surface area contributed by atoms with Crippen LogP contribution in [0.2, 0.25) is 0 Å². The highest BCUT2D eigenvalue weighted by Crippen LogP contribution is 2.55. The Labute approximate surface area is 97.3 Å². The molecule has 0 heterocycles. The predicted octanol–water partition coefficient (Wildman–Crippen LogP) is 3.31. The van der Waals surface area contributed by atoms with Gasteiger partial charge in [-0.1, -0.05) is 32.0 Å². The Morgan fingerprint density at radius 2 is 2.06 bits per heavy atom. The smallest absolute Gasteiger partial charge is 0.125 e. The molecule has 0 radical (unpaired) electrons. The lowest BCUT2D eigenvalue weighted by Gasteiger charge is -2.20. The molecule has 1 aliphatic rings. The van der Waals surface area contributed by atoms with E-state index in [-0.39, 0.29) is 11.5 Å². The van der Waals surface area contributed by atoms with E-state index in [9.17, 15) is 5.11 Å². The summed E-state index contributed by atoms with van der Waals surface area (Å²) in [4.78, 5) is 0. The minimum absolute atomic E-state index is 0.0751. The van der Waals surface area contributed by atoms with Gasteiger partial charge < -0.3 is 9.84 Å². The van der Waals surface area contributed by atoms with Crippen LogP contribution in [0.1, 0.15) is 44.8 Å². The second-order valence-electron chi connectivity index (χ2n) is 4.94. The van der Waals surface area contributed by atoms with Crippen LogP contribution in [0.4, 0.5) is 0 Å². The largest absolute Gasteiger partial charge is 0.493 e. The first kappa shape index (κ1) is 11.5. The van der Waals surface area contributed by atoms with Gasteiger partial charge in [0, 0.05) is 5.56 Å². The van der Waals surface area contributed by atoms with E-state index in [2.05, 4.69) is 13.8 Å². The number of rotatable bonds is 5. The molecule has 0 aromatic heterocycles. The molecular weight excluding hydrogens is 200 g/mol. The van der Waals surface area contributed by atoms with E-state index in [1.165, 1.54) is 0 Å². The number of ether oxygens (including phenoxy) is 1. The number of hydrogen-bond donors (Lipinski definition) is 1. The lowest BCUT2D eigenvalue weighted by Crippen LogP contribution is -2.11. The minimum atomic E-state index is -0.388. The normalized spacial score (nSPS) is 19.2. The van der Waals surface area contributed by atoms with E-state index >= 15 is 0 Å². The van der Waals surface area contributed by atoms with Crippen molar-refractivity contribution < 1.29 is 9.84 Å². The molecular formula is C14H20O2. The standard InChI is InChI=1S/C14H20O2/c1-3-10-16-12-7-5-4-6-11(12)13(15)14(2)8-9-14/h4-7,13,15H,3,8-10H2,1-2H3. The molecule has 0 bridgehead atoms. The lowest BCUT2D eigenvalue weighted by molar-refractivity contribution is 0.0996. The summed E-state index contributed by atoms with van der Waals surface area (Å²) >= 11 is 0. The Kier molecular flexibility index (Phi) is 3.20. The second-order valence-corrected chi connectivity index (χ2v) is 4.94. The molecule has 2 nitrogen and oxygen atoms in total. The van der Waals surface area contributed by atoms with Crippen LogP contribution in [0.15, 0.2) is 24.3 Å². The topological polar surface area (TPSA) is 29.5 Å². The average Bonchev–Trinajstić information content (AvgIpc) is 3.05. The zero-order chi connectivity index (χ0) is 11.6. The number of aliphatic hydroxyl groups excluding tert-OH is 1. The third-order valence-corrected chi connectivity index (χ3v) is 3.37. The summed E-state index contributed by atoms with van der Waals surface area (Å²) in [6.07, 6.45) is 2.81. The lowest BCUT2D eigenvalue weighted by atomic mass is 9.94. The molecule has 1 fully saturated rings. The fourth-order valence-electron chi connectivity index (χ4n) is 1.90. The van der Waals surface area contributed by atoms with Gasteiger partial charge in [-0.15, -0.1) is 0 Å². The molecule has 2 heteroatoms. The summed E-state index contributed by atoms with van der Waals surface area (Å²) in [5, 5.41) is 10.3. The van der Waals surface area contributed by atoms with Crippen LogP contribution in [0.25, 0.3) is 0 Å². The molecule has 1 aromatic rings. The molecule has 1 unspecified atom stereocenters. The molecule has 1 aromatic carbocycles. The van der Waals surface area contributed by atoms with Crippen molar-refractivity contribution >= 4 is 0 Å². The van der Waals surface area contributed by atoms with E-state index in [4.69, 9.17) is 4.74 Å². The monoisotopic (exact) mass is 220 g/mol. The van der Waals surface area contributed by atoms with Crippen molar-refractivity contribution in [3.8, 4) is 5.75 Å². The number of hydrogen-bond acceptors (Lipinski definition) is 2. The number of aliphatic hydroxyl groups is 1. The van der Waals surface area contributed by atoms with E-state index in [1.807, 2.05) is 24.3 Å². The molecule has 1 saturated carbocycles. The van der Waals surface area contributed by atoms with Crippen molar-refractivity contribution in [2.24, 2.45) is 5.41 Å². The molecule has 0 spiro atoms. The second kappa shape index (κ2) is 4.46. The van der Waals surface area contributed by atoms with Crippen molar-refractivity contribution in [2.45, 2.75) is 39.2 Å². The molecule has 1 N–H and O–H groups in total. The molecule has 2 rings (SSSR count).